The van der Waals surface area contributed by atoms with Crippen LogP contribution in [0.25, 0.3) is 0 Å². The van der Waals surface area contributed by atoms with E-state index in [0.29, 0.717) is 0 Å². The lowest BCUT2D eigenvalue weighted by atomic mass is 10.00. The van der Waals surface area contributed by atoms with E-state index in [9.17, 15) is 0 Å². The molecule has 0 radical (unpaired) electrons. The summed E-state index contributed by atoms with van der Waals surface area (Å²) in [5.74, 6) is 0. The van der Waals surface area contributed by atoms with Crippen LogP contribution in [0, 0.1) is 6.92 Å². The van der Waals surface area contributed by atoms with Gasteiger partial charge in [0.25, 0.3) is 0 Å². The van der Waals surface area contributed by atoms with E-state index < -0.39 is 0 Å². The minimum atomic E-state index is 0.797. The van der Waals surface area contributed by atoms with Crippen LogP contribution in [0.15, 0.2) is 42.5 Å². The van der Waals surface area contributed by atoms with Gasteiger partial charge in [-0.3, -0.25) is 0 Å². The maximum Gasteiger partial charge on any atom is 0.177 e. The summed E-state index contributed by atoms with van der Waals surface area (Å²) in [6, 6.07) is 15.0. The molecule has 0 aliphatic carbocycles. The van der Waals surface area contributed by atoms with Crippen LogP contribution in [0.4, 0.5) is 11.4 Å². The minimum Gasteiger partial charge on any atom is -0.332 e. The Labute approximate surface area is 138 Å². The van der Waals surface area contributed by atoms with Crippen molar-refractivity contribution < 1.29 is 0 Å². The fourth-order valence-electron chi connectivity index (χ4n) is 3.07. The highest BCUT2D eigenvalue weighted by atomic mass is 32.1. The molecule has 1 N–H and O–H groups in total. The Morgan fingerprint density at radius 1 is 1.23 bits per heavy atom. The number of nitrogens with zero attached hydrogens (tertiary/aromatic N) is 1. The van der Waals surface area contributed by atoms with Crippen molar-refractivity contribution in [3.63, 3.8) is 0 Å². The van der Waals surface area contributed by atoms with Crippen LogP contribution in [0.1, 0.15) is 30.0 Å². The summed E-state index contributed by atoms with van der Waals surface area (Å²) in [4.78, 5) is 2.24. The molecule has 1 aliphatic heterocycles. The Kier molecular flexibility index (Phi) is 4.44. The highest BCUT2D eigenvalue weighted by molar-refractivity contribution is 7.80. The number of thiocarbonyl (C=S) groups is 1. The van der Waals surface area contributed by atoms with Crippen LogP contribution in [0.5, 0.6) is 0 Å². The summed E-state index contributed by atoms with van der Waals surface area (Å²) in [6.45, 7) is 5.30. The van der Waals surface area contributed by atoms with Crippen molar-refractivity contribution in [3.05, 3.63) is 59.2 Å². The van der Waals surface area contributed by atoms with Gasteiger partial charge in [-0.2, -0.15) is 0 Å². The van der Waals surface area contributed by atoms with E-state index >= 15 is 0 Å². The van der Waals surface area contributed by atoms with Crippen molar-refractivity contribution in [1.29, 1.82) is 0 Å². The molecule has 0 aromatic heterocycles. The number of hydrogen-bond acceptors (Lipinski definition) is 1. The van der Waals surface area contributed by atoms with E-state index in [-0.39, 0.29) is 0 Å². The lowest BCUT2D eigenvalue weighted by molar-refractivity contribution is 0.779. The first kappa shape index (κ1) is 15.0. The Hall–Kier alpha value is -1.87. The first-order valence-corrected chi connectivity index (χ1v) is 8.36. The van der Waals surface area contributed by atoms with Crippen molar-refractivity contribution in [1.82, 2.24) is 0 Å². The van der Waals surface area contributed by atoms with Crippen molar-refractivity contribution in [3.8, 4) is 0 Å². The van der Waals surface area contributed by atoms with Crippen molar-refractivity contribution in [2.75, 3.05) is 16.8 Å². The van der Waals surface area contributed by atoms with Gasteiger partial charge in [0.1, 0.15) is 0 Å². The van der Waals surface area contributed by atoms with Gasteiger partial charge in [0, 0.05) is 17.9 Å². The predicted molar refractivity (Wildman–Crippen MR) is 98.9 cm³/mol. The molecule has 0 fully saturated rings. The number of para-hydroxylation sites is 1. The summed E-state index contributed by atoms with van der Waals surface area (Å²) < 4.78 is 0. The van der Waals surface area contributed by atoms with Crippen LogP contribution in [0.3, 0.4) is 0 Å². The van der Waals surface area contributed by atoms with Crippen LogP contribution in [-0.4, -0.2) is 11.7 Å². The molecule has 0 saturated carbocycles. The second-order valence-electron chi connectivity index (χ2n) is 5.83. The number of rotatable bonds is 2. The topological polar surface area (TPSA) is 15.3 Å². The van der Waals surface area contributed by atoms with Crippen LogP contribution < -0.4 is 10.2 Å². The van der Waals surface area contributed by atoms with Gasteiger partial charge >= 0.3 is 0 Å². The lowest BCUT2D eigenvalue weighted by Crippen LogP contribution is -2.38. The molecule has 0 unspecified atom stereocenters. The van der Waals surface area contributed by atoms with Crippen molar-refractivity contribution >= 4 is 28.7 Å². The van der Waals surface area contributed by atoms with Crippen LogP contribution >= 0.6 is 12.2 Å². The molecule has 1 heterocycles. The predicted octanol–water partition coefficient (Wildman–Crippen LogP) is 4.71. The van der Waals surface area contributed by atoms with Gasteiger partial charge in [0.05, 0.1) is 0 Å². The van der Waals surface area contributed by atoms with Gasteiger partial charge in [-0.05, 0) is 61.7 Å². The molecule has 0 atom stereocenters. The molecule has 2 nitrogen and oxygen atoms in total. The summed E-state index contributed by atoms with van der Waals surface area (Å²) in [5, 5.41) is 4.24. The molecule has 0 bridgehead atoms. The number of fused-ring (bicyclic) bond motifs is 1. The highest BCUT2D eigenvalue weighted by Gasteiger charge is 2.20. The molecule has 0 saturated heterocycles. The van der Waals surface area contributed by atoms with Crippen LogP contribution in [-0.2, 0) is 12.8 Å². The summed E-state index contributed by atoms with van der Waals surface area (Å²) >= 11 is 5.69. The fourth-order valence-corrected chi connectivity index (χ4v) is 3.37. The Balaban J connectivity index is 1.85. The van der Waals surface area contributed by atoms with E-state index in [0.717, 1.165) is 36.6 Å². The smallest absolute Gasteiger partial charge is 0.177 e. The summed E-state index contributed by atoms with van der Waals surface area (Å²) in [7, 11) is 0. The maximum atomic E-state index is 5.69. The second-order valence-corrected chi connectivity index (χ2v) is 6.21. The number of hydrogen-bond donors (Lipinski definition) is 1. The Bertz CT molecular complexity index is 694. The zero-order chi connectivity index (χ0) is 15.5. The monoisotopic (exact) mass is 310 g/mol. The quantitative estimate of drug-likeness (QED) is 0.809. The zero-order valence-electron chi connectivity index (χ0n) is 13.2. The Morgan fingerprint density at radius 3 is 2.86 bits per heavy atom. The van der Waals surface area contributed by atoms with Crippen molar-refractivity contribution in [2.24, 2.45) is 0 Å². The second kappa shape index (κ2) is 6.49. The first-order valence-electron chi connectivity index (χ1n) is 7.95. The molecule has 1 aliphatic rings. The SMILES string of the molecule is CCc1ccccc1NC(=S)N1CCCc2cc(C)ccc21. The molecule has 0 amide bonds. The van der Waals surface area contributed by atoms with Gasteiger partial charge in [-0.15, -0.1) is 0 Å². The molecule has 0 spiro atoms. The average Bonchev–Trinajstić information content (AvgIpc) is 2.54. The molecule has 3 rings (SSSR count). The molecule has 3 heteroatoms. The molecule has 22 heavy (non-hydrogen) atoms. The molecule has 2 aromatic rings. The fraction of sp³-hybridized carbons (Fsp3) is 0.316. The molecule has 2 aromatic carbocycles. The summed E-state index contributed by atoms with van der Waals surface area (Å²) in [5.41, 5.74) is 6.39. The molecular weight excluding hydrogens is 288 g/mol. The number of nitrogens with one attached hydrogen (secondary N) is 1. The van der Waals surface area contributed by atoms with Crippen LogP contribution in [0.2, 0.25) is 0 Å². The van der Waals surface area contributed by atoms with Gasteiger partial charge in [-0.25, -0.2) is 0 Å². The van der Waals surface area contributed by atoms with Gasteiger partial charge in [-0.1, -0.05) is 42.8 Å². The number of anilines is 2. The van der Waals surface area contributed by atoms with E-state index in [4.69, 9.17) is 12.2 Å². The highest BCUT2D eigenvalue weighted by Crippen LogP contribution is 2.29. The number of benzene rings is 2. The number of aryl methyl sites for hydroxylation is 3. The third kappa shape index (κ3) is 3.00. The molecule has 114 valence electrons. The Morgan fingerprint density at radius 2 is 2.05 bits per heavy atom. The van der Waals surface area contributed by atoms with E-state index in [2.05, 4.69) is 66.5 Å². The normalized spacial score (nSPS) is 13.6. The minimum absolute atomic E-state index is 0.797. The molecular formula is C19H22N2S. The van der Waals surface area contributed by atoms with Gasteiger partial charge in [0.2, 0.25) is 0 Å². The van der Waals surface area contributed by atoms with Crippen molar-refractivity contribution in [2.45, 2.75) is 33.1 Å². The summed E-state index contributed by atoms with van der Waals surface area (Å²) in [6.07, 6.45) is 3.29. The lowest BCUT2D eigenvalue weighted by Gasteiger charge is -2.32. The largest absolute Gasteiger partial charge is 0.332 e. The van der Waals surface area contributed by atoms with Gasteiger partial charge < -0.3 is 10.2 Å². The first-order chi connectivity index (χ1) is 10.7. The maximum absolute atomic E-state index is 5.69. The third-order valence-corrected chi connectivity index (χ3v) is 4.56. The van der Waals surface area contributed by atoms with E-state index in [1.54, 1.807) is 0 Å². The zero-order valence-corrected chi connectivity index (χ0v) is 14.0. The van der Waals surface area contributed by atoms with E-state index in [1.165, 1.54) is 22.4 Å². The van der Waals surface area contributed by atoms with Gasteiger partial charge in [0.15, 0.2) is 5.11 Å². The standard InChI is InChI=1S/C19H22N2S/c1-3-15-7-4-5-9-17(15)20-19(22)21-12-6-8-16-13-14(2)10-11-18(16)21/h4-5,7,9-11,13H,3,6,8,12H2,1-2H3,(H,20,22). The third-order valence-electron chi connectivity index (χ3n) is 4.24. The average molecular weight is 310 g/mol. The van der Waals surface area contributed by atoms with E-state index in [1.807, 2.05) is 0 Å².